The largest absolute Gasteiger partial charge is 0.248 e. The number of alkyl halides is 2. The molecule has 0 N–H and O–H groups in total. The summed E-state index contributed by atoms with van der Waals surface area (Å²) in [6.45, 7) is 7.59. The number of hydrogen-bond donors (Lipinski definition) is 0. The second-order valence-electron chi connectivity index (χ2n) is 4.15. The van der Waals surface area contributed by atoms with Gasteiger partial charge in [-0.25, -0.2) is 8.78 Å². The van der Waals surface area contributed by atoms with E-state index in [-0.39, 0.29) is 18.8 Å². The molecule has 2 heteroatoms. The summed E-state index contributed by atoms with van der Waals surface area (Å²) in [7, 11) is 0. The molecular weight excluding hydrogens is 158 g/mol. The highest BCUT2D eigenvalue weighted by Gasteiger charge is 2.28. The molecule has 0 spiro atoms. The summed E-state index contributed by atoms with van der Waals surface area (Å²) in [4.78, 5) is 0. The lowest BCUT2D eigenvalue weighted by molar-refractivity contribution is -0.0264. The van der Waals surface area contributed by atoms with Crippen LogP contribution in [0, 0.1) is 11.8 Å². The molecule has 0 aromatic rings. The maximum Gasteiger partial charge on any atom is 0.248 e. The van der Waals surface area contributed by atoms with E-state index < -0.39 is 5.92 Å². The van der Waals surface area contributed by atoms with E-state index in [2.05, 4.69) is 13.8 Å². The molecule has 0 rings (SSSR count). The molecule has 0 fully saturated rings. The van der Waals surface area contributed by atoms with Crippen LogP contribution in [0.4, 0.5) is 8.78 Å². The summed E-state index contributed by atoms with van der Waals surface area (Å²) in [6, 6.07) is 0. The van der Waals surface area contributed by atoms with Crippen molar-refractivity contribution in [2.24, 2.45) is 11.8 Å². The molecule has 0 aliphatic heterocycles. The van der Waals surface area contributed by atoms with Gasteiger partial charge in [0.05, 0.1) is 0 Å². The first-order valence-corrected chi connectivity index (χ1v) is 4.75. The van der Waals surface area contributed by atoms with E-state index in [4.69, 9.17) is 0 Å². The summed E-state index contributed by atoms with van der Waals surface area (Å²) >= 11 is 0. The van der Waals surface area contributed by atoms with E-state index in [1.807, 2.05) is 6.92 Å². The van der Waals surface area contributed by atoms with Crippen LogP contribution in [0.5, 0.6) is 0 Å². The minimum absolute atomic E-state index is 0.0323. The molecule has 1 atom stereocenters. The van der Waals surface area contributed by atoms with Gasteiger partial charge in [0.2, 0.25) is 5.92 Å². The molecule has 74 valence electrons. The van der Waals surface area contributed by atoms with Gasteiger partial charge < -0.3 is 0 Å². The lowest BCUT2D eigenvalue weighted by atomic mass is 9.92. The van der Waals surface area contributed by atoms with Crippen LogP contribution in [0.3, 0.4) is 0 Å². The highest BCUT2D eigenvalue weighted by molar-refractivity contribution is 4.68. The van der Waals surface area contributed by atoms with E-state index in [0.29, 0.717) is 5.92 Å². The summed E-state index contributed by atoms with van der Waals surface area (Å²) < 4.78 is 25.7. The predicted molar refractivity (Wildman–Crippen MR) is 48.5 cm³/mol. The van der Waals surface area contributed by atoms with Crippen molar-refractivity contribution in [3.8, 4) is 0 Å². The molecule has 0 amide bonds. The fourth-order valence-electron chi connectivity index (χ4n) is 1.54. The monoisotopic (exact) mass is 178 g/mol. The molecule has 0 aromatic heterocycles. The Bertz CT molecular complexity index is 119. The Morgan fingerprint density at radius 1 is 1.17 bits per heavy atom. The number of halogens is 2. The topological polar surface area (TPSA) is 0 Å². The van der Waals surface area contributed by atoms with Crippen molar-refractivity contribution >= 4 is 0 Å². The second-order valence-corrected chi connectivity index (χ2v) is 4.15. The zero-order chi connectivity index (χ0) is 9.78. The van der Waals surface area contributed by atoms with Gasteiger partial charge in [0.15, 0.2) is 0 Å². The molecule has 12 heavy (non-hydrogen) atoms. The summed E-state index contributed by atoms with van der Waals surface area (Å²) in [6.07, 6.45) is 0.909. The van der Waals surface area contributed by atoms with E-state index in [1.165, 1.54) is 0 Å². The number of hydrogen-bond acceptors (Lipinski definition) is 0. The zero-order valence-electron chi connectivity index (χ0n) is 8.53. The van der Waals surface area contributed by atoms with Gasteiger partial charge in [-0.05, 0) is 18.3 Å². The Hall–Kier alpha value is -0.140. The van der Waals surface area contributed by atoms with Gasteiger partial charge in [-0.3, -0.25) is 0 Å². The van der Waals surface area contributed by atoms with Gasteiger partial charge in [-0.1, -0.05) is 27.7 Å². The van der Waals surface area contributed by atoms with Crippen LogP contribution in [0.2, 0.25) is 0 Å². The van der Waals surface area contributed by atoms with Crippen LogP contribution >= 0.6 is 0 Å². The highest BCUT2D eigenvalue weighted by Crippen LogP contribution is 2.29. The van der Waals surface area contributed by atoms with Crippen molar-refractivity contribution in [2.45, 2.75) is 52.9 Å². The average Bonchev–Trinajstić information content (AvgIpc) is 1.84. The minimum atomic E-state index is -2.45. The Balaban J connectivity index is 3.75. The Kier molecular flexibility index (Phi) is 4.73. The van der Waals surface area contributed by atoms with Crippen molar-refractivity contribution in [3.05, 3.63) is 0 Å². The van der Waals surface area contributed by atoms with E-state index >= 15 is 0 Å². The Labute approximate surface area is 74.4 Å². The van der Waals surface area contributed by atoms with Gasteiger partial charge in [0, 0.05) is 12.8 Å². The van der Waals surface area contributed by atoms with Crippen molar-refractivity contribution in [3.63, 3.8) is 0 Å². The predicted octanol–water partition coefficient (Wildman–Crippen LogP) is 4.10. The first kappa shape index (κ1) is 11.9. The third-order valence-corrected chi connectivity index (χ3v) is 2.04. The first-order chi connectivity index (χ1) is 5.37. The third-order valence-electron chi connectivity index (χ3n) is 2.04. The Morgan fingerprint density at radius 2 is 1.67 bits per heavy atom. The molecule has 0 aliphatic rings. The summed E-state index contributed by atoms with van der Waals surface area (Å²) in [5.41, 5.74) is 0. The molecule has 0 saturated carbocycles. The van der Waals surface area contributed by atoms with Crippen LogP contribution < -0.4 is 0 Å². The molecule has 0 saturated heterocycles. The normalized spacial score (nSPS) is 15.2. The van der Waals surface area contributed by atoms with Gasteiger partial charge in [-0.15, -0.1) is 0 Å². The maximum atomic E-state index is 12.9. The lowest BCUT2D eigenvalue weighted by Crippen LogP contribution is -2.19. The summed E-state index contributed by atoms with van der Waals surface area (Å²) in [5.74, 6) is -1.79. The van der Waals surface area contributed by atoms with Crippen molar-refractivity contribution in [1.29, 1.82) is 0 Å². The molecule has 0 aliphatic carbocycles. The fraction of sp³-hybridized carbons (Fsp3) is 1.00. The SMILES string of the molecule is CCC(F)(F)CC(C)CC(C)C. The van der Waals surface area contributed by atoms with Crippen molar-refractivity contribution in [1.82, 2.24) is 0 Å². The molecule has 0 nitrogen and oxygen atoms in total. The minimum Gasteiger partial charge on any atom is -0.207 e. The molecule has 0 bridgehead atoms. The van der Waals surface area contributed by atoms with E-state index in [0.717, 1.165) is 6.42 Å². The van der Waals surface area contributed by atoms with Gasteiger partial charge in [0.25, 0.3) is 0 Å². The lowest BCUT2D eigenvalue weighted by Gasteiger charge is -2.20. The fourth-order valence-corrected chi connectivity index (χ4v) is 1.54. The average molecular weight is 178 g/mol. The highest BCUT2D eigenvalue weighted by atomic mass is 19.3. The van der Waals surface area contributed by atoms with Crippen LogP contribution in [-0.4, -0.2) is 5.92 Å². The van der Waals surface area contributed by atoms with Gasteiger partial charge in [-0.2, -0.15) is 0 Å². The Morgan fingerprint density at radius 3 is 2.00 bits per heavy atom. The van der Waals surface area contributed by atoms with Crippen LogP contribution in [0.1, 0.15) is 47.0 Å². The van der Waals surface area contributed by atoms with Crippen molar-refractivity contribution < 1.29 is 8.78 Å². The molecular formula is C10H20F2. The molecule has 1 unspecified atom stereocenters. The van der Waals surface area contributed by atoms with Crippen molar-refractivity contribution in [2.75, 3.05) is 0 Å². The van der Waals surface area contributed by atoms with Gasteiger partial charge in [0.1, 0.15) is 0 Å². The van der Waals surface area contributed by atoms with E-state index in [9.17, 15) is 8.78 Å². The second kappa shape index (κ2) is 4.78. The smallest absolute Gasteiger partial charge is 0.207 e. The molecule has 0 aromatic carbocycles. The third kappa shape index (κ3) is 5.50. The van der Waals surface area contributed by atoms with Crippen LogP contribution in [-0.2, 0) is 0 Å². The standard InChI is InChI=1S/C10H20F2/c1-5-10(11,12)7-9(4)6-8(2)3/h8-9H,5-7H2,1-4H3. The summed E-state index contributed by atoms with van der Waals surface area (Å²) in [5, 5.41) is 0. The first-order valence-electron chi connectivity index (χ1n) is 4.75. The van der Waals surface area contributed by atoms with E-state index in [1.54, 1.807) is 6.92 Å². The maximum absolute atomic E-state index is 12.9. The molecule has 0 radical (unpaired) electrons. The molecule has 0 heterocycles. The van der Waals surface area contributed by atoms with Crippen LogP contribution in [0.15, 0.2) is 0 Å². The number of rotatable bonds is 5. The quantitative estimate of drug-likeness (QED) is 0.594. The zero-order valence-corrected chi connectivity index (χ0v) is 8.53. The van der Waals surface area contributed by atoms with Crippen LogP contribution in [0.25, 0.3) is 0 Å². The van der Waals surface area contributed by atoms with Gasteiger partial charge >= 0.3 is 0 Å².